The second kappa shape index (κ2) is 7.47. The quantitative estimate of drug-likeness (QED) is 0.801. The van der Waals surface area contributed by atoms with Crippen LogP contribution in [0.4, 0.5) is 4.79 Å². The van der Waals surface area contributed by atoms with E-state index in [0.29, 0.717) is 13.1 Å². The number of hydrogen-bond donors (Lipinski definition) is 2. The van der Waals surface area contributed by atoms with E-state index in [1.165, 1.54) is 5.56 Å². The average molecular weight is 286 g/mol. The third-order valence-electron chi connectivity index (χ3n) is 3.15. The molecule has 0 unspecified atom stereocenters. The number of amides is 2. The summed E-state index contributed by atoms with van der Waals surface area (Å²) in [4.78, 5) is 11.7. The molecule has 0 atom stereocenters. The Hall–Kier alpha value is -2.30. The molecular formula is C16H22N4O. The van der Waals surface area contributed by atoms with Gasteiger partial charge in [0.05, 0.1) is 6.20 Å². The highest BCUT2D eigenvalue weighted by Crippen LogP contribution is 2.03. The predicted octanol–water partition coefficient (Wildman–Crippen LogP) is 2.39. The van der Waals surface area contributed by atoms with Gasteiger partial charge in [-0.3, -0.25) is 4.68 Å². The lowest BCUT2D eigenvalue weighted by atomic mass is 10.1. The Labute approximate surface area is 125 Å². The minimum Gasteiger partial charge on any atom is -0.338 e. The molecule has 21 heavy (non-hydrogen) atoms. The summed E-state index contributed by atoms with van der Waals surface area (Å²) in [6.07, 6.45) is 4.69. The Bertz CT molecular complexity index is 591. The standard InChI is InChI=1S/C16H22N4O/c1-13-5-3-6-15(9-13)11-18-16(21)17-7-4-8-20-12-14(2)10-19-20/h3,5-6,9-10,12H,4,7-8,11H2,1-2H3,(H2,17,18,21). The van der Waals surface area contributed by atoms with Crippen molar-refractivity contribution in [1.82, 2.24) is 20.4 Å². The number of benzene rings is 1. The molecule has 0 saturated carbocycles. The zero-order chi connectivity index (χ0) is 15.1. The van der Waals surface area contributed by atoms with Crippen molar-refractivity contribution in [2.45, 2.75) is 33.4 Å². The van der Waals surface area contributed by atoms with Crippen molar-refractivity contribution in [2.24, 2.45) is 0 Å². The Balaban J connectivity index is 1.61. The molecule has 0 radical (unpaired) electrons. The van der Waals surface area contributed by atoms with Crippen LogP contribution in [-0.2, 0) is 13.1 Å². The van der Waals surface area contributed by atoms with Crippen molar-refractivity contribution in [2.75, 3.05) is 6.54 Å². The fraction of sp³-hybridized carbons (Fsp3) is 0.375. The third kappa shape index (κ3) is 5.30. The third-order valence-corrected chi connectivity index (χ3v) is 3.15. The molecule has 0 bridgehead atoms. The summed E-state index contributed by atoms with van der Waals surface area (Å²) < 4.78 is 1.89. The first-order chi connectivity index (χ1) is 10.1. The normalized spacial score (nSPS) is 10.4. The lowest BCUT2D eigenvalue weighted by Crippen LogP contribution is -2.35. The van der Waals surface area contributed by atoms with E-state index in [-0.39, 0.29) is 6.03 Å². The first-order valence-electron chi connectivity index (χ1n) is 7.20. The summed E-state index contributed by atoms with van der Waals surface area (Å²) >= 11 is 0. The van der Waals surface area contributed by atoms with E-state index < -0.39 is 0 Å². The maximum Gasteiger partial charge on any atom is 0.315 e. The van der Waals surface area contributed by atoms with E-state index in [4.69, 9.17) is 0 Å². The van der Waals surface area contributed by atoms with E-state index in [9.17, 15) is 4.79 Å². The number of carbonyl (C=O) groups is 1. The molecule has 112 valence electrons. The summed E-state index contributed by atoms with van der Waals surface area (Å²) in [6.45, 7) is 6.05. The SMILES string of the molecule is Cc1cccc(CNC(=O)NCCCn2cc(C)cn2)c1. The molecule has 5 nitrogen and oxygen atoms in total. The Morgan fingerprint density at radius 1 is 1.24 bits per heavy atom. The molecule has 0 saturated heterocycles. The maximum absolute atomic E-state index is 11.7. The van der Waals surface area contributed by atoms with Crippen LogP contribution >= 0.6 is 0 Å². The zero-order valence-corrected chi connectivity index (χ0v) is 12.6. The highest BCUT2D eigenvalue weighted by Gasteiger charge is 2.00. The van der Waals surface area contributed by atoms with E-state index in [1.54, 1.807) is 0 Å². The van der Waals surface area contributed by atoms with Crippen molar-refractivity contribution in [3.8, 4) is 0 Å². The summed E-state index contributed by atoms with van der Waals surface area (Å²) in [5.74, 6) is 0. The van der Waals surface area contributed by atoms with Gasteiger partial charge in [-0.15, -0.1) is 0 Å². The van der Waals surface area contributed by atoms with Crippen molar-refractivity contribution in [3.05, 3.63) is 53.3 Å². The molecule has 2 aromatic rings. The topological polar surface area (TPSA) is 59.0 Å². The van der Waals surface area contributed by atoms with Crippen LogP contribution in [0.3, 0.4) is 0 Å². The van der Waals surface area contributed by atoms with E-state index in [1.807, 2.05) is 49.1 Å². The fourth-order valence-corrected chi connectivity index (χ4v) is 2.10. The number of rotatable bonds is 6. The second-order valence-corrected chi connectivity index (χ2v) is 5.23. The second-order valence-electron chi connectivity index (χ2n) is 5.23. The molecular weight excluding hydrogens is 264 g/mol. The van der Waals surface area contributed by atoms with Crippen LogP contribution in [-0.4, -0.2) is 22.4 Å². The molecule has 0 aliphatic heterocycles. The van der Waals surface area contributed by atoms with Gasteiger partial charge in [-0.1, -0.05) is 29.8 Å². The van der Waals surface area contributed by atoms with Crippen LogP contribution in [0.2, 0.25) is 0 Å². The number of urea groups is 1. The van der Waals surface area contributed by atoms with E-state index in [2.05, 4.69) is 21.8 Å². The molecule has 0 fully saturated rings. The minimum absolute atomic E-state index is 0.131. The molecule has 2 rings (SSSR count). The highest BCUT2D eigenvalue weighted by atomic mass is 16.2. The Morgan fingerprint density at radius 3 is 2.81 bits per heavy atom. The fourth-order valence-electron chi connectivity index (χ4n) is 2.10. The van der Waals surface area contributed by atoms with Gasteiger partial charge >= 0.3 is 6.03 Å². The number of hydrogen-bond acceptors (Lipinski definition) is 2. The Morgan fingerprint density at radius 2 is 2.10 bits per heavy atom. The van der Waals surface area contributed by atoms with Gasteiger partial charge < -0.3 is 10.6 Å². The molecule has 2 amide bonds. The van der Waals surface area contributed by atoms with Crippen molar-refractivity contribution in [3.63, 3.8) is 0 Å². The Kier molecular flexibility index (Phi) is 5.37. The molecule has 1 heterocycles. The number of aryl methyl sites for hydroxylation is 3. The maximum atomic E-state index is 11.7. The van der Waals surface area contributed by atoms with Gasteiger partial charge in [0.1, 0.15) is 0 Å². The molecule has 1 aromatic heterocycles. The van der Waals surface area contributed by atoms with Crippen LogP contribution in [0.15, 0.2) is 36.7 Å². The molecule has 5 heteroatoms. The number of nitrogens with one attached hydrogen (secondary N) is 2. The van der Waals surface area contributed by atoms with Crippen molar-refractivity contribution < 1.29 is 4.79 Å². The average Bonchev–Trinajstić information content (AvgIpc) is 2.87. The van der Waals surface area contributed by atoms with Crippen LogP contribution < -0.4 is 10.6 Å². The van der Waals surface area contributed by atoms with Gasteiger partial charge in [0.25, 0.3) is 0 Å². The number of aromatic nitrogens is 2. The molecule has 0 aliphatic carbocycles. The van der Waals surface area contributed by atoms with Crippen molar-refractivity contribution in [1.29, 1.82) is 0 Å². The van der Waals surface area contributed by atoms with E-state index in [0.717, 1.165) is 24.1 Å². The minimum atomic E-state index is -0.131. The van der Waals surface area contributed by atoms with Crippen LogP contribution in [0.5, 0.6) is 0 Å². The lowest BCUT2D eigenvalue weighted by molar-refractivity contribution is 0.240. The number of carbonyl (C=O) groups excluding carboxylic acids is 1. The largest absolute Gasteiger partial charge is 0.338 e. The summed E-state index contributed by atoms with van der Waals surface area (Å²) in [7, 11) is 0. The predicted molar refractivity (Wildman–Crippen MR) is 83.0 cm³/mol. The van der Waals surface area contributed by atoms with Gasteiger partial charge in [-0.05, 0) is 31.4 Å². The van der Waals surface area contributed by atoms with Crippen LogP contribution in [0.1, 0.15) is 23.1 Å². The van der Waals surface area contributed by atoms with Gasteiger partial charge in [-0.2, -0.15) is 5.10 Å². The summed E-state index contributed by atoms with van der Waals surface area (Å²) in [5.41, 5.74) is 3.46. The van der Waals surface area contributed by atoms with Crippen molar-refractivity contribution >= 4 is 6.03 Å². The van der Waals surface area contributed by atoms with Gasteiger partial charge in [0.2, 0.25) is 0 Å². The smallest absolute Gasteiger partial charge is 0.315 e. The number of nitrogens with zero attached hydrogens (tertiary/aromatic N) is 2. The van der Waals surface area contributed by atoms with Crippen LogP contribution in [0.25, 0.3) is 0 Å². The summed E-state index contributed by atoms with van der Waals surface area (Å²) in [5, 5.41) is 9.91. The summed E-state index contributed by atoms with van der Waals surface area (Å²) in [6, 6.07) is 7.98. The molecule has 0 spiro atoms. The van der Waals surface area contributed by atoms with Gasteiger partial charge in [0, 0.05) is 25.8 Å². The lowest BCUT2D eigenvalue weighted by Gasteiger charge is -2.08. The monoisotopic (exact) mass is 286 g/mol. The first-order valence-corrected chi connectivity index (χ1v) is 7.20. The molecule has 2 N–H and O–H groups in total. The highest BCUT2D eigenvalue weighted by molar-refractivity contribution is 5.73. The molecule has 1 aromatic carbocycles. The molecule has 0 aliphatic rings. The van der Waals surface area contributed by atoms with Gasteiger partial charge in [-0.25, -0.2) is 4.79 Å². The van der Waals surface area contributed by atoms with E-state index >= 15 is 0 Å². The van der Waals surface area contributed by atoms with Crippen LogP contribution in [0, 0.1) is 13.8 Å². The first kappa shape index (κ1) is 15.1. The van der Waals surface area contributed by atoms with Gasteiger partial charge in [0.15, 0.2) is 0 Å². The zero-order valence-electron chi connectivity index (χ0n) is 12.6.